The van der Waals surface area contributed by atoms with Gasteiger partial charge in [0, 0.05) is 26.5 Å². The number of fused-ring (bicyclic) bond motifs is 1. The number of benzene rings is 1. The van der Waals surface area contributed by atoms with Gasteiger partial charge in [-0.25, -0.2) is 9.97 Å². The van der Waals surface area contributed by atoms with Gasteiger partial charge in [-0.1, -0.05) is 18.2 Å². The molecule has 0 spiro atoms. The van der Waals surface area contributed by atoms with Gasteiger partial charge < -0.3 is 19.4 Å². The van der Waals surface area contributed by atoms with Crippen molar-refractivity contribution in [3.63, 3.8) is 0 Å². The smallest absolute Gasteiger partial charge is 0.259 e. The van der Waals surface area contributed by atoms with Gasteiger partial charge in [-0.2, -0.15) is 0 Å². The number of hydrogen-bond donors (Lipinski definition) is 1. The molecule has 1 aromatic carbocycles. The lowest BCUT2D eigenvalue weighted by atomic mass is 10.2. The molecule has 0 saturated heterocycles. The van der Waals surface area contributed by atoms with E-state index in [1.807, 2.05) is 79.1 Å². The number of para-hydroxylation sites is 1. The number of amides is 1. The molecule has 0 aliphatic rings. The summed E-state index contributed by atoms with van der Waals surface area (Å²) in [6.45, 7) is 2.29. The molecule has 152 valence electrons. The highest BCUT2D eigenvalue weighted by Crippen LogP contribution is 2.22. The molecule has 7 heteroatoms. The standard InChI is InChI=1S/C23H23N5O2/c1-16-7-6-12-28-14-18(25-22(16)28)15-30-20-9-5-4-8-19(20)23(29)26-17-10-11-21(24-13-17)27(2)3/h4-14H,15H2,1-3H3,(H,26,29). The van der Waals surface area contributed by atoms with Gasteiger partial charge in [0.2, 0.25) is 0 Å². The van der Waals surface area contributed by atoms with Gasteiger partial charge in [-0.05, 0) is 42.8 Å². The van der Waals surface area contributed by atoms with Crippen molar-refractivity contribution in [2.24, 2.45) is 0 Å². The highest BCUT2D eigenvalue weighted by atomic mass is 16.5. The Morgan fingerprint density at radius 2 is 1.97 bits per heavy atom. The Morgan fingerprint density at radius 1 is 1.13 bits per heavy atom. The summed E-state index contributed by atoms with van der Waals surface area (Å²) in [5.41, 5.74) is 3.86. The molecule has 0 fully saturated rings. The molecule has 1 N–H and O–H groups in total. The first-order chi connectivity index (χ1) is 14.5. The molecule has 0 bridgehead atoms. The number of anilines is 2. The van der Waals surface area contributed by atoms with Crippen molar-refractivity contribution in [1.29, 1.82) is 0 Å². The number of aryl methyl sites for hydroxylation is 1. The number of ether oxygens (including phenoxy) is 1. The second-order valence-corrected chi connectivity index (χ2v) is 7.19. The Labute approximate surface area is 175 Å². The summed E-state index contributed by atoms with van der Waals surface area (Å²) in [6, 6.07) is 14.8. The molecule has 0 saturated carbocycles. The number of hydrogen-bond acceptors (Lipinski definition) is 5. The Morgan fingerprint density at radius 3 is 2.70 bits per heavy atom. The predicted octanol–water partition coefficient (Wildman–Crippen LogP) is 3.94. The quantitative estimate of drug-likeness (QED) is 0.530. The van der Waals surface area contributed by atoms with Crippen LogP contribution in [0, 0.1) is 6.92 Å². The minimum Gasteiger partial charge on any atom is -0.486 e. The molecule has 3 aromatic heterocycles. The zero-order valence-corrected chi connectivity index (χ0v) is 17.2. The molecule has 0 radical (unpaired) electrons. The lowest BCUT2D eigenvalue weighted by Crippen LogP contribution is -2.15. The Kier molecular flexibility index (Phi) is 5.34. The van der Waals surface area contributed by atoms with Crippen molar-refractivity contribution < 1.29 is 9.53 Å². The minimum absolute atomic E-state index is 0.254. The van der Waals surface area contributed by atoms with E-state index in [0.717, 1.165) is 22.7 Å². The first kappa shape index (κ1) is 19.4. The maximum Gasteiger partial charge on any atom is 0.259 e. The molecule has 0 aliphatic carbocycles. The lowest BCUT2D eigenvalue weighted by Gasteiger charge is -2.13. The molecule has 0 unspecified atom stereocenters. The zero-order valence-electron chi connectivity index (χ0n) is 17.2. The van der Waals surface area contributed by atoms with Gasteiger partial charge in [0.05, 0.1) is 23.1 Å². The van der Waals surface area contributed by atoms with Crippen LogP contribution < -0.4 is 15.0 Å². The topological polar surface area (TPSA) is 71.8 Å². The van der Waals surface area contributed by atoms with Crippen LogP contribution in [0.5, 0.6) is 5.75 Å². The van der Waals surface area contributed by atoms with Gasteiger partial charge >= 0.3 is 0 Å². The van der Waals surface area contributed by atoms with Crippen LogP contribution in [0.25, 0.3) is 5.65 Å². The van der Waals surface area contributed by atoms with Crippen molar-refractivity contribution in [3.05, 3.63) is 83.9 Å². The Bertz CT molecular complexity index is 1180. The Balaban J connectivity index is 1.48. The third kappa shape index (κ3) is 4.10. The fraction of sp³-hybridized carbons (Fsp3) is 0.174. The van der Waals surface area contributed by atoms with Crippen molar-refractivity contribution in [2.75, 3.05) is 24.3 Å². The average Bonchev–Trinajstić information content (AvgIpc) is 3.17. The monoisotopic (exact) mass is 401 g/mol. The van der Waals surface area contributed by atoms with E-state index in [9.17, 15) is 4.79 Å². The summed E-state index contributed by atoms with van der Waals surface area (Å²) in [6.07, 6.45) is 5.52. The van der Waals surface area contributed by atoms with Gasteiger partial charge in [0.25, 0.3) is 5.91 Å². The average molecular weight is 401 g/mol. The van der Waals surface area contributed by atoms with Gasteiger partial charge in [0.1, 0.15) is 23.8 Å². The molecule has 0 atom stereocenters. The van der Waals surface area contributed by atoms with E-state index in [2.05, 4.69) is 15.3 Å². The number of aromatic nitrogens is 3. The molecule has 4 rings (SSSR count). The third-order valence-electron chi connectivity index (χ3n) is 4.70. The molecule has 0 aliphatic heterocycles. The third-order valence-corrected chi connectivity index (χ3v) is 4.70. The van der Waals surface area contributed by atoms with Gasteiger partial charge in [-0.3, -0.25) is 4.79 Å². The van der Waals surface area contributed by atoms with Crippen molar-refractivity contribution in [2.45, 2.75) is 13.5 Å². The molecule has 30 heavy (non-hydrogen) atoms. The predicted molar refractivity (Wildman–Crippen MR) is 117 cm³/mol. The fourth-order valence-corrected chi connectivity index (χ4v) is 3.13. The molecule has 4 aromatic rings. The van der Waals surface area contributed by atoms with Crippen molar-refractivity contribution in [3.8, 4) is 5.75 Å². The van der Waals surface area contributed by atoms with E-state index in [0.29, 0.717) is 17.0 Å². The van der Waals surface area contributed by atoms with E-state index in [4.69, 9.17) is 4.74 Å². The normalized spacial score (nSPS) is 10.8. The fourth-order valence-electron chi connectivity index (χ4n) is 3.13. The van der Waals surface area contributed by atoms with E-state index < -0.39 is 0 Å². The van der Waals surface area contributed by atoms with Crippen LogP contribution in [0.3, 0.4) is 0 Å². The molecule has 7 nitrogen and oxygen atoms in total. The van der Waals surface area contributed by atoms with Gasteiger partial charge in [-0.15, -0.1) is 0 Å². The number of carbonyl (C=O) groups excluding carboxylic acids is 1. The summed E-state index contributed by atoms with van der Waals surface area (Å²) in [5.74, 6) is 1.07. The molecular formula is C23H23N5O2. The van der Waals surface area contributed by atoms with Crippen LogP contribution in [0.2, 0.25) is 0 Å². The van der Waals surface area contributed by atoms with Crippen molar-refractivity contribution in [1.82, 2.24) is 14.4 Å². The highest BCUT2D eigenvalue weighted by molar-refractivity contribution is 6.06. The first-order valence-electron chi connectivity index (χ1n) is 9.61. The van der Waals surface area contributed by atoms with E-state index in [1.165, 1.54) is 0 Å². The van der Waals surface area contributed by atoms with Crippen LogP contribution in [-0.2, 0) is 6.61 Å². The molecule has 3 heterocycles. The van der Waals surface area contributed by atoms with Crippen LogP contribution in [0.1, 0.15) is 21.6 Å². The van der Waals surface area contributed by atoms with Crippen LogP contribution >= 0.6 is 0 Å². The summed E-state index contributed by atoms with van der Waals surface area (Å²) in [7, 11) is 3.83. The van der Waals surface area contributed by atoms with Crippen LogP contribution in [-0.4, -0.2) is 34.4 Å². The number of rotatable bonds is 6. The largest absolute Gasteiger partial charge is 0.486 e. The van der Waals surface area contributed by atoms with Crippen LogP contribution in [0.4, 0.5) is 11.5 Å². The van der Waals surface area contributed by atoms with Crippen LogP contribution in [0.15, 0.2) is 67.1 Å². The summed E-state index contributed by atoms with van der Waals surface area (Å²) in [4.78, 5) is 23.6. The number of pyridine rings is 2. The van der Waals surface area contributed by atoms with E-state index in [-0.39, 0.29) is 12.5 Å². The van der Waals surface area contributed by atoms with E-state index in [1.54, 1.807) is 18.3 Å². The minimum atomic E-state index is -0.254. The summed E-state index contributed by atoms with van der Waals surface area (Å²) < 4.78 is 7.91. The number of imidazole rings is 1. The second kappa shape index (κ2) is 8.24. The van der Waals surface area contributed by atoms with E-state index >= 15 is 0 Å². The molecular weight excluding hydrogens is 378 g/mol. The number of carbonyl (C=O) groups is 1. The maximum atomic E-state index is 12.8. The highest BCUT2D eigenvalue weighted by Gasteiger charge is 2.14. The number of nitrogens with one attached hydrogen (secondary N) is 1. The maximum absolute atomic E-state index is 12.8. The van der Waals surface area contributed by atoms with Gasteiger partial charge in [0.15, 0.2) is 0 Å². The molecule has 1 amide bonds. The zero-order chi connectivity index (χ0) is 21.1. The SMILES string of the molecule is Cc1cccn2cc(COc3ccccc3C(=O)Nc3ccc(N(C)C)nc3)nc12. The summed E-state index contributed by atoms with van der Waals surface area (Å²) in [5, 5.41) is 2.87. The first-order valence-corrected chi connectivity index (χ1v) is 9.61. The van der Waals surface area contributed by atoms with Crippen molar-refractivity contribution >= 4 is 23.1 Å². The lowest BCUT2D eigenvalue weighted by molar-refractivity contribution is 0.102. The Hall–Kier alpha value is -3.87. The number of nitrogens with zero attached hydrogens (tertiary/aromatic N) is 4. The summed E-state index contributed by atoms with van der Waals surface area (Å²) >= 11 is 0. The second-order valence-electron chi connectivity index (χ2n) is 7.19.